The Labute approximate surface area is 74.0 Å². The molecule has 0 saturated heterocycles. The Balaban J connectivity index is 2.81. The standard InChI is InChI=1S/C10H16N2/c1-8(2)10-4-9(5-11-3)6-12-7-10/h4,6-8,11H,5H2,1-3H3. The van der Waals surface area contributed by atoms with E-state index in [9.17, 15) is 0 Å². The minimum atomic E-state index is 0.564. The van der Waals surface area contributed by atoms with E-state index < -0.39 is 0 Å². The molecular weight excluding hydrogens is 148 g/mol. The topological polar surface area (TPSA) is 24.9 Å². The van der Waals surface area contributed by atoms with Gasteiger partial charge in [-0.2, -0.15) is 0 Å². The van der Waals surface area contributed by atoms with Gasteiger partial charge in [-0.25, -0.2) is 0 Å². The van der Waals surface area contributed by atoms with Crippen molar-refractivity contribution in [2.45, 2.75) is 26.3 Å². The monoisotopic (exact) mass is 164 g/mol. The van der Waals surface area contributed by atoms with Gasteiger partial charge in [-0.15, -0.1) is 0 Å². The average molecular weight is 164 g/mol. The van der Waals surface area contributed by atoms with Crippen molar-refractivity contribution in [2.24, 2.45) is 0 Å². The third-order valence-electron chi connectivity index (χ3n) is 1.86. The first-order valence-electron chi connectivity index (χ1n) is 4.32. The van der Waals surface area contributed by atoms with Crippen LogP contribution >= 0.6 is 0 Å². The number of hydrogen-bond acceptors (Lipinski definition) is 2. The van der Waals surface area contributed by atoms with Crippen LogP contribution in [0.3, 0.4) is 0 Å². The van der Waals surface area contributed by atoms with Gasteiger partial charge in [0, 0.05) is 18.9 Å². The lowest BCUT2D eigenvalue weighted by atomic mass is 10.0. The fourth-order valence-corrected chi connectivity index (χ4v) is 1.12. The maximum Gasteiger partial charge on any atom is 0.0313 e. The summed E-state index contributed by atoms with van der Waals surface area (Å²) in [5.74, 6) is 0.564. The zero-order chi connectivity index (χ0) is 8.97. The Morgan fingerprint density at radius 1 is 1.42 bits per heavy atom. The molecule has 0 aromatic carbocycles. The fourth-order valence-electron chi connectivity index (χ4n) is 1.12. The SMILES string of the molecule is CNCc1cncc(C(C)C)c1. The molecule has 0 amide bonds. The maximum absolute atomic E-state index is 4.18. The summed E-state index contributed by atoms with van der Waals surface area (Å²) < 4.78 is 0. The lowest BCUT2D eigenvalue weighted by Crippen LogP contribution is -2.06. The maximum atomic E-state index is 4.18. The van der Waals surface area contributed by atoms with E-state index in [1.165, 1.54) is 11.1 Å². The van der Waals surface area contributed by atoms with Crippen LogP contribution in [0.2, 0.25) is 0 Å². The Hall–Kier alpha value is -0.890. The Kier molecular flexibility index (Phi) is 3.23. The van der Waals surface area contributed by atoms with Crippen molar-refractivity contribution in [1.29, 1.82) is 0 Å². The van der Waals surface area contributed by atoms with Crippen molar-refractivity contribution in [3.8, 4) is 0 Å². The van der Waals surface area contributed by atoms with Crippen LogP contribution in [0.5, 0.6) is 0 Å². The molecule has 0 aliphatic rings. The highest BCUT2D eigenvalue weighted by molar-refractivity contribution is 5.20. The van der Waals surface area contributed by atoms with E-state index in [1.54, 1.807) is 0 Å². The quantitative estimate of drug-likeness (QED) is 0.738. The smallest absolute Gasteiger partial charge is 0.0313 e. The third kappa shape index (κ3) is 2.31. The molecule has 0 spiro atoms. The van der Waals surface area contributed by atoms with Crippen LogP contribution < -0.4 is 5.32 Å². The zero-order valence-corrected chi connectivity index (χ0v) is 7.96. The first-order chi connectivity index (χ1) is 5.74. The molecule has 1 rings (SSSR count). The molecule has 2 heteroatoms. The zero-order valence-electron chi connectivity index (χ0n) is 7.96. The van der Waals surface area contributed by atoms with Crippen LogP contribution in [0.25, 0.3) is 0 Å². The van der Waals surface area contributed by atoms with Gasteiger partial charge < -0.3 is 5.32 Å². The lowest BCUT2D eigenvalue weighted by Gasteiger charge is -2.06. The average Bonchev–Trinajstić information content (AvgIpc) is 2.05. The molecule has 0 radical (unpaired) electrons. The van der Waals surface area contributed by atoms with Crippen LogP contribution in [0, 0.1) is 0 Å². The highest BCUT2D eigenvalue weighted by Crippen LogP contribution is 2.13. The van der Waals surface area contributed by atoms with E-state index in [4.69, 9.17) is 0 Å². The Bertz CT molecular complexity index is 243. The minimum absolute atomic E-state index is 0.564. The largest absolute Gasteiger partial charge is 0.316 e. The molecule has 0 fully saturated rings. The van der Waals surface area contributed by atoms with Crippen molar-refractivity contribution >= 4 is 0 Å². The predicted molar refractivity (Wildman–Crippen MR) is 51.1 cm³/mol. The van der Waals surface area contributed by atoms with Gasteiger partial charge in [-0.3, -0.25) is 4.98 Å². The summed E-state index contributed by atoms with van der Waals surface area (Å²) in [6.45, 7) is 5.26. The summed E-state index contributed by atoms with van der Waals surface area (Å²) in [5, 5.41) is 3.11. The molecule has 2 nitrogen and oxygen atoms in total. The van der Waals surface area contributed by atoms with Crippen LogP contribution in [0.1, 0.15) is 30.9 Å². The van der Waals surface area contributed by atoms with Crippen molar-refractivity contribution < 1.29 is 0 Å². The molecule has 66 valence electrons. The lowest BCUT2D eigenvalue weighted by molar-refractivity contribution is 0.798. The van der Waals surface area contributed by atoms with Gasteiger partial charge in [-0.1, -0.05) is 19.9 Å². The summed E-state index contributed by atoms with van der Waals surface area (Å²) in [7, 11) is 1.95. The van der Waals surface area contributed by atoms with Crippen LogP contribution in [0.4, 0.5) is 0 Å². The number of pyridine rings is 1. The van der Waals surface area contributed by atoms with Gasteiger partial charge in [0.2, 0.25) is 0 Å². The first-order valence-corrected chi connectivity index (χ1v) is 4.32. The minimum Gasteiger partial charge on any atom is -0.316 e. The van der Waals surface area contributed by atoms with E-state index in [-0.39, 0.29) is 0 Å². The van der Waals surface area contributed by atoms with Crippen molar-refractivity contribution in [3.63, 3.8) is 0 Å². The van der Waals surface area contributed by atoms with Gasteiger partial charge in [0.05, 0.1) is 0 Å². The summed E-state index contributed by atoms with van der Waals surface area (Å²) in [6, 6.07) is 2.20. The molecular formula is C10H16N2. The summed E-state index contributed by atoms with van der Waals surface area (Å²) in [5.41, 5.74) is 2.56. The Morgan fingerprint density at radius 3 is 2.75 bits per heavy atom. The van der Waals surface area contributed by atoms with Crippen LogP contribution in [0.15, 0.2) is 18.5 Å². The second-order valence-corrected chi connectivity index (χ2v) is 3.31. The molecule has 1 aromatic rings. The van der Waals surface area contributed by atoms with E-state index in [1.807, 2.05) is 19.4 Å². The van der Waals surface area contributed by atoms with Crippen molar-refractivity contribution in [2.75, 3.05) is 7.05 Å². The summed E-state index contributed by atoms with van der Waals surface area (Å²) in [6.07, 6.45) is 3.84. The Morgan fingerprint density at radius 2 is 2.17 bits per heavy atom. The van der Waals surface area contributed by atoms with Gasteiger partial charge in [-0.05, 0) is 24.1 Å². The van der Waals surface area contributed by atoms with E-state index in [2.05, 4.69) is 30.2 Å². The molecule has 12 heavy (non-hydrogen) atoms. The van der Waals surface area contributed by atoms with Gasteiger partial charge in [0.25, 0.3) is 0 Å². The fraction of sp³-hybridized carbons (Fsp3) is 0.500. The molecule has 1 heterocycles. The van der Waals surface area contributed by atoms with Gasteiger partial charge >= 0.3 is 0 Å². The van der Waals surface area contributed by atoms with Crippen LogP contribution in [-0.2, 0) is 6.54 Å². The van der Waals surface area contributed by atoms with Crippen molar-refractivity contribution in [1.82, 2.24) is 10.3 Å². The number of rotatable bonds is 3. The van der Waals surface area contributed by atoms with Crippen LogP contribution in [-0.4, -0.2) is 12.0 Å². The summed E-state index contributed by atoms with van der Waals surface area (Å²) in [4.78, 5) is 4.18. The van der Waals surface area contributed by atoms with Gasteiger partial charge in [0.1, 0.15) is 0 Å². The molecule has 0 bridgehead atoms. The molecule has 0 atom stereocenters. The first kappa shape index (κ1) is 9.20. The second-order valence-electron chi connectivity index (χ2n) is 3.31. The van der Waals surface area contributed by atoms with E-state index in [0.29, 0.717) is 5.92 Å². The normalized spacial score (nSPS) is 10.7. The predicted octanol–water partition coefficient (Wildman–Crippen LogP) is 1.92. The molecule has 0 unspecified atom stereocenters. The molecule has 1 aromatic heterocycles. The molecule has 0 aliphatic carbocycles. The van der Waals surface area contributed by atoms with E-state index in [0.717, 1.165) is 6.54 Å². The van der Waals surface area contributed by atoms with Gasteiger partial charge in [0.15, 0.2) is 0 Å². The highest BCUT2D eigenvalue weighted by Gasteiger charge is 1.99. The summed E-state index contributed by atoms with van der Waals surface area (Å²) >= 11 is 0. The third-order valence-corrected chi connectivity index (χ3v) is 1.86. The van der Waals surface area contributed by atoms with Crippen molar-refractivity contribution in [3.05, 3.63) is 29.6 Å². The molecule has 1 N–H and O–H groups in total. The van der Waals surface area contributed by atoms with E-state index >= 15 is 0 Å². The number of aromatic nitrogens is 1. The number of nitrogens with one attached hydrogen (secondary N) is 1. The number of nitrogens with zero attached hydrogens (tertiary/aromatic N) is 1. The number of hydrogen-bond donors (Lipinski definition) is 1. The highest BCUT2D eigenvalue weighted by atomic mass is 14.8. The molecule has 0 aliphatic heterocycles. The second kappa shape index (κ2) is 4.21. The molecule has 0 saturated carbocycles.